The van der Waals surface area contributed by atoms with Gasteiger partial charge in [-0.1, -0.05) is 47.6 Å². The molecule has 1 fully saturated rings. The topological polar surface area (TPSA) is 80.5 Å². The van der Waals surface area contributed by atoms with E-state index in [0.29, 0.717) is 30.5 Å². The van der Waals surface area contributed by atoms with Crippen molar-refractivity contribution in [2.24, 2.45) is 0 Å². The van der Waals surface area contributed by atoms with Crippen LogP contribution in [0, 0.1) is 6.92 Å². The summed E-state index contributed by atoms with van der Waals surface area (Å²) in [4.78, 5) is 18.9. The van der Waals surface area contributed by atoms with Gasteiger partial charge in [-0.15, -0.1) is 0 Å². The van der Waals surface area contributed by atoms with Crippen LogP contribution < -0.4 is 5.32 Å². The second-order valence-corrected chi connectivity index (χ2v) is 6.90. The van der Waals surface area contributed by atoms with Crippen molar-refractivity contribution < 1.29 is 14.1 Å². The summed E-state index contributed by atoms with van der Waals surface area (Å²) < 4.78 is 11.1. The molecule has 4 rings (SSSR count). The molecule has 144 valence electrons. The largest absolute Gasteiger partial charge is 0.367 e. The van der Waals surface area contributed by atoms with Gasteiger partial charge in [-0.2, -0.15) is 4.98 Å². The average molecular weight is 378 g/mol. The van der Waals surface area contributed by atoms with E-state index >= 15 is 0 Å². The van der Waals surface area contributed by atoms with E-state index in [1.54, 1.807) is 11.8 Å². The summed E-state index contributed by atoms with van der Waals surface area (Å²) in [6.45, 7) is 4.77. The van der Waals surface area contributed by atoms with Gasteiger partial charge in [0, 0.05) is 24.7 Å². The first-order valence-corrected chi connectivity index (χ1v) is 9.25. The molecule has 1 N–H and O–H groups in total. The number of nitrogens with zero attached hydrogens (tertiary/aromatic N) is 3. The Morgan fingerprint density at radius 3 is 2.71 bits per heavy atom. The summed E-state index contributed by atoms with van der Waals surface area (Å²) in [5.41, 5.74) is 2.54. The summed E-state index contributed by atoms with van der Waals surface area (Å²) in [6.07, 6.45) is -0.178. The molecule has 1 aliphatic rings. The molecule has 1 aromatic heterocycles. The number of carbonyl (C=O) groups is 1. The number of aryl methyl sites for hydroxylation is 1. The molecular formula is C21H22N4O3. The number of ether oxygens (including phenoxy) is 1. The van der Waals surface area contributed by atoms with Crippen molar-refractivity contribution in [3.63, 3.8) is 0 Å². The maximum atomic E-state index is 12.9. The maximum absolute atomic E-state index is 12.9. The summed E-state index contributed by atoms with van der Waals surface area (Å²) in [5, 5.41) is 6.89. The lowest BCUT2D eigenvalue weighted by molar-refractivity contribution is -0.0642. The average Bonchev–Trinajstić information content (AvgIpc) is 3.15. The fraction of sp³-hybridized carbons (Fsp3) is 0.286. The van der Waals surface area contributed by atoms with Crippen LogP contribution >= 0.6 is 0 Å². The smallest absolute Gasteiger partial charge is 0.322 e. The van der Waals surface area contributed by atoms with Crippen molar-refractivity contribution in [1.82, 2.24) is 15.0 Å². The van der Waals surface area contributed by atoms with Crippen molar-refractivity contribution >= 4 is 11.7 Å². The minimum absolute atomic E-state index is 0.0432. The fourth-order valence-electron chi connectivity index (χ4n) is 3.32. The van der Waals surface area contributed by atoms with Crippen molar-refractivity contribution in [3.8, 4) is 11.4 Å². The second kappa shape index (κ2) is 7.82. The predicted octanol–water partition coefficient (Wildman–Crippen LogP) is 4.04. The van der Waals surface area contributed by atoms with Crippen LogP contribution in [0.15, 0.2) is 59.1 Å². The van der Waals surface area contributed by atoms with E-state index in [9.17, 15) is 4.79 Å². The number of aromatic nitrogens is 2. The van der Waals surface area contributed by atoms with Gasteiger partial charge in [0.2, 0.25) is 11.7 Å². The Hall–Kier alpha value is -3.19. The van der Waals surface area contributed by atoms with Crippen LogP contribution in [0.5, 0.6) is 0 Å². The lowest BCUT2D eigenvalue weighted by Gasteiger charge is -2.37. The summed E-state index contributed by atoms with van der Waals surface area (Å²) in [5.74, 6) is 0.997. The van der Waals surface area contributed by atoms with Gasteiger partial charge in [0.05, 0.1) is 12.6 Å². The zero-order valence-electron chi connectivity index (χ0n) is 15.8. The SMILES string of the molecule is Cc1nc(-c2cccc(NC(=O)N3C[C@@H](C)O[C@H](c4ccccc4)C3)c2)no1. The highest BCUT2D eigenvalue weighted by Crippen LogP contribution is 2.26. The Kier molecular flexibility index (Phi) is 5.08. The molecule has 3 aromatic rings. The minimum Gasteiger partial charge on any atom is -0.367 e. The Morgan fingerprint density at radius 2 is 1.96 bits per heavy atom. The first kappa shape index (κ1) is 18.2. The molecule has 0 spiro atoms. The number of nitrogens with one attached hydrogen (secondary N) is 1. The normalized spacial score (nSPS) is 19.4. The molecular weight excluding hydrogens is 356 g/mol. The lowest BCUT2D eigenvalue weighted by atomic mass is 10.1. The molecule has 2 atom stereocenters. The van der Waals surface area contributed by atoms with Gasteiger partial charge in [-0.3, -0.25) is 0 Å². The highest BCUT2D eigenvalue weighted by atomic mass is 16.5. The number of morpholine rings is 1. The van der Waals surface area contributed by atoms with Gasteiger partial charge in [0.15, 0.2) is 0 Å². The Balaban J connectivity index is 1.47. The summed E-state index contributed by atoms with van der Waals surface area (Å²) in [6, 6.07) is 17.2. The molecule has 1 aliphatic heterocycles. The van der Waals surface area contributed by atoms with E-state index in [1.807, 2.05) is 61.5 Å². The van der Waals surface area contributed by atoms with E-state index in [1.165, 1.54) is 0 Å². The lowest BCUT2D eigenvalue weighted by Crippen LogP contribution is -2.47. The number of benzene rings is 2. The van der Waals surface area contributed by atoms with E-state index in [2.05, 4.69) is 15.5 Å². The van der Waals surface area contributed by atoms with Gasteiger partial charge in [0.25, 0.3) is 0 Å². The predicted molar refractivity (Wildman–Crippen MR) is 105 cm³/mol. The number of rotatable bonds is 3. The number of carbonyl (C=O) groups excluding carboxylic acids is 1. The molecule has 0 bridgehead atoms. The Bertz CT molecular complexity index is 957. The monoisotopic (exact) mass is 378 g/mol. The molecule has 0 aliphatic carbocycles. The van der Waals surface area contributed by atoms with Gasteiger partial charge in [0.1, 0.15) is 6.10 Å². The zero-order chi connectivity index (χ0) is 19.5. The van der Waals surface area contributed by atoms with Gasteiger partial charge in [-0.25, -0.2) is 4.79 Å². The van der Waals surface area contributed by atoms with Crippen LogP contribution in [0.2, 0.25) is 0 Å². The van der Waals surface area contributed by atoms with Crippen molar-refractivity contribution in [1.29, 1.82) is 0 Å². The highest BCUT2D eigenvalue weighted by molar-refractivity contribution is 5.90. The maximum Gasteiger partial charge on any atom is 0.322 e. The number of urea groups is 1. The van der Waals surface area contributed by atoms with Crippen molar-refractivity contribution in [2.75, 3.05) is 18.4 Å². The highest BCUT2D eigenvalue weighted by Gasteiger charge is 2.29. The van der Waals surface area contributed by atoms with Gasteiger partial charge >= 0.3 is 6.03 Å². The molecule has 2 heterocycles. The van der Waals surface area contributed by atoms with E-state index in [0.717, 1.165) is 11.1 Å². The molecule has 28 heavy (non-hydrogen) atoms. The van der Waals surface area contributed by atoms with Crippen molar-refractivity contribution in [3.05, 3.63) is 66.1 Å². The first-order chi connectivity index (χ1) is 13.6. The first-order valence-electron chi connectivity index (χ1n) is 9.25. The number of hydrogen-bond donors (Lipinski definition) is 1. The molecule has 1 saturated heterocycles. The zero-order valence-corrected chi connectivity index (χ0v) is 15.8. The number of anilines is 1. The number of hydrogen-bond acceptors (Lipinski definition) is 5. The Labute approximate surface area is 163 Å². The summed E-state index contributed by atoms with van der Waals surface area (Å²) in [7, 11) is 0. The summed E-state index contributed by atoms with van der Waals surface area (Å²) >= 11 is 0. The third kappa shape index (κ3) is 4.04. The molecule has 2 aromatic carbocycles. The molecule has 0 radical (unpaired) electrons. The van der Waals surface area contributed by atoms with Crippen LogP contribution in [0.25, 0.3) is 11.4 Å². The second-order valence-electron chi connectivity index (χ2n) is 6.90. The van der Waals surface area contributed by atoms with Crippen LogP contribution in [0.4, 0.5) is 10.5 Å². The van der Waals surface area contributed by atoms with Crippen LogP contribution in [0.3, 0.4) is 0 Å². The quantitative estimate of drug-likeness (QED) is 0.744. The third-order valence-corrected chi connectivity index (χ3v) is 4.62. The van der Waals surface area contributed by atoms with Crippen LogP contribution in [-0.2, 0) is 4.74 Å². The minimum atomic E-state index is -0.155. The van der Waals surface area contributed by atoms with E-state index in [-0.39, 0.29) is 18.2 Å². The van der Waals surface area contributed by atoms with E-state index < -0.39 is 0 Å². The van der Waals surface area contributed by atoms with E-state index in [4.69, 9.17) is 9.26 Å². The van der Waals surface area contributed by atoms with Crippen LogP contribution in [-0.4, -0.2) is 40.3 Å². The van der Waals surface area contributed by atoms with Gasteiger partial charge in [-0.05, 0) is 24.6 Å². The molecule has 0 unspecified atom stereocenters. The van der Waals surface area contributed by atoms with Crippen LogP contribution in [0.1, 0.15) is 24.5 Å². The fourth-order valence-corrected chi connectivity index (χ4v) is 3.32. The molecule has 2 amide bonds. The Morgan fingerprint density at radius 1 is 1.14 bits per heavy atom. The number of amides is 2. The molecule has 7 nitrogen and oxygen atoms in total. The third-order valence-electron chi connectivity index (χ3n) is 4.62. The van der Waals surface area contributed by atoms with Crippen molar-refractivity contribution in [2.45, 2.75) is 26.1 Å². The van der Waals surface area contributed by atoms with Gasteiger partial charge < -0.3 is 19.5 Å². The molecule has 7 heteroatoms. The standard InChI is InChI=1S/C21H22N4O3/c1-14-12-25(13-19(27-14)16-7-4-3-5-8-16)21(26)23-18-10-6-9-17(11-18)20-22-15(2)28-24-20/h3-11,14,19H,12-13H2,1-2H3,(H,23,26)/t14-,19+/m1/s1. The molecule has 0 saturated carbocycles.